The lowest BCUT2D eigenvalue weighted by molar-refractivity contribution is 0.0861. The maximum Gasteiger partial charge on any atom is 0.261 e. The van der Waals surface area contributed by atoms with Gasteiger partial charge < -0.3 is 10.1 Å². The van der Waals surface area contributed by atoms with E-state index in [4.69, 9.17) is 16.3 Å². The number of amides is 1. The molecule has 1 aromatic heterocycles. The highest BCUT2D eigenvalue weighted by Crippen LogP contribution is 2.21. The second-order valence-electron chi connectivity index (χ2n) is 3.45. The monoisotopic (exact) mass is 245 g/mol. The minimum atomic E-state index is -0.0672. The molecule has 1 unspecified atom stereocenters. The third-order valence-corrected chi connectivity index (χ3v) is 3.54. The zero-order valence-corrected chi connectivity index (χ0v) is 9.74. The van der Waals surface area contributed by atoms with Crippen LogP contribution in [0.15, 0.2) is 12.1 Å². The van der Waals surface area contributed by atoms with Crippen LogP contribution in [0.4, 0.5) is 0 Å². The summed E-state index contributed by atoms with van der Waals surface area (Å²) in [4.78, 5) is 12.3. The van der Waals surface area contributed by atoms with Crippen molar-refractivity contribution >= 4 is 28.8 Å². The summed E-state index contributed by atoms with van der Waals surface area (Å²) in [5.74, 6) is -0.0672. The Morgan fingerprint density at radius 2 is 2.53 bits per heavy atom. The number of thiophene rings is 1. The Balaban J connectivity index is 1.81. The highest BCUT2D eigenvalue weighted by Gasteiger charge is 2.17. The quantitative estimate of drug-likeness (QED) is 0.888. The van der Waals surface area contributed by atoms with Crippen molar-refractivity contribution in [1.82, 2.24) is 5.32 Å². The second kappa shape index (κ2) is 4.96. The maximum absolute atomic E-state index is 11.6. The Bertz CT molecular complexity index is 347. The van der Waals surface area contributed by atoms with Crippen LogP contribution < -0.4 is 5.32 Å². The largest absolute Gasteiger partial charge is 0.376 e. The van der Waals surface area contributed by atoms with E-state index in [1.807, 2.05) is 0 Å². The second-order valence-corrected chi connectivity index (χ2v) is 5.16. The Labute approximate surface area is 97.4 Å². The summed E-state index contributed by atoms with van der Waals surface area (Å²) in [6, 6.07) is 3.46. The van der Waals surface area contributed by atoms with Crippen LogP contribution in [0.3, 0.4) is 0 Å². The average molecular weight is 246 g/mol. The van der Waals surface area contributed by atoms with Crippen LogP contribution in [-0.4, -0.2) is 25.2 Å². The van der Waals surface area contributed by atoms with Crippen molar-refractivity contribution in [3.63, 3.8) is 0 Å². The first-order valence-electron chi connectivity index (χ1n) is 4.91. The minimum absolute atomic E-state index is 0.0672. The highest BCUT2D eigenvalue weighted by molar-refractivity contribution is 7.17. The molecule has 1 N–H and O–H groups in total. The van der Waals surface area contributed by atoms with Gasteiger partial charge >= 0.3 is 0 Å². The zero-order valence-electron chi connectivity index (χ0n) is 8.16. The predicted molar refractivity (Wildman–Crippen MR) is 60.6 cm³/mol. The van der Waals surface area contributed by atoms with Gasteiger partial charge in [0, 0.05) is 13.2 Å². The number of carbonyl (C=O) groups excluding carboxylic acids is 1. The molecule has 1 atom stereocenters. The van der Waals surface area contributed by atoms with Crippen molar-refractivity contribution in [3.05, 3.63) is 21.3 Å². The third-order valence-electron chi connectivity index (χ3n) is 2.31. The van der Waals surface area contributed by atoms with Crippen LogP contribution in [0, 0.1) is 0 Å². The summed E-state index contributed by atoms with van der Waals surface area (Å²) in [6.07, 6.45) is 2.31. The first-order valence-corrected chi connectivity index (χ1v) is 6.10. The van der Waals surface area contributed by atoms with Gasteiger partial charge in [0.25, 0.3) is 5.91 Å². The number of rotatable bonds is 3. The normalized spacial score (nSPS) is 20.5. The van der Waals surface area contributed by atoms with E-state index >= 15 is 0 Å². The van der Waals surface area contributed by atoms with Gasteiger partial charge in [-0.1, -0.05) is 11.6 Å². The first kappa shape index (κ1) is 10.9. The van der Waals surface area contributed by atoms with E-state index in [-0.39, 0.29) is 12.0 Å². The van der Waals surface area contributed by atoms with Crippen LogP contribution in [0.2, 0.25) is 4.34 Å². The molecule has 1 aliphatic heterocycles. The number of hydrogen-bond acceptors (Lipinski definition) is 3. The summed E-state index contributed by atoms with van der Waals surface area (Å²) >= 11 is 7.04. The molecule has 1 aromatic rings. The first-order chi connectivity index (χ1) is 7.25. The summed E-state index contributed by atoms with van der Waals surface area (Å²) in [5.41, 5.74) is 0. The van der Waals surface area contributed by atoms with Gasteiger partial charge in [-0.15, -0.1) is 11.3 Å². The number of hydrogen-bond donors (Lipinski definition) is 1. The van der Waals surface area contributed by atoms with E-state index < -0.39 is 0 Å². The Hall–Kier alpha value is -0.580. The molecule has 2 heterocycles. The fourth-order valence-corrected chi connectivity index (χ4v) is 2.49. The van der Waals surface area contributed by atoms with Gasteiger partial charge in [0.15, 0.2) is 0 Å². The molecule has 0 spiro atoms. The van der Waals surface area contributed by atoms with E-state index in [2.05, 4.69) is 5.32 Å². The number of halogens is 1. The zero-order chi connectivity index (χ0) is 10.7. The lowest BCUT2D eigenvalue weighted by Gasteiger charge is -2.09. The van der Waals surface area contributed by atoms with Gasteiger partial charge in [-0.2, -0.15) is 0 Å². The number of nitrogens with one attached hydrogen (secondary N) is 1. The van der Waals surface area contributed by atoms with Crippen molar-refractivity contribution in [2.45, 2.75) is 18.9 Å². The van der Waals surface area contributed by atoms with Gasteiger partial charge in [-0.05, 0) is 25.0 Å². The Morgan fingerprint density at radius 3 is 3.13 bits per heavy atom. The summed E-state index contributed by atoms with van der Waals surface area (Å²) in [6.45, 7) is 1.40. The third kappa shape index (κ3) is 2.93. The van der Waals surface area contributed by atoms with Gasteiger partial charge in [0.05, 0.1) is 15.3 Å². The lowest BCUT2D eigenvalue weighted by Crippen LogP contribution is -2.31. The Kier molecular flexibility index (Phi) is 3.61. The van der Waals surface area contributed by atoms with Gasteiger partial charge in [0.2, 0.25) is 0 Å². The lowest BCUT2D eigenvalue weighted by atomic mass is 10.2. The van der Waals surface area contributed by atoms with Crippen molar-refractivity contribution in [2.24, 2.45) is 0 Å². The van der Waals surface area contributed by atoms with Gasteiger partial charge in [-0.25, -0.2) is 0 Å². The van der Waals surface area contributed by atoms with Crippen molar-refractivity contribution in [1.29, 1.82) is 0 Å². The number of carbonyl (C=O) groups is 1. The summed E-state index contributed by atoms with van der Waals surface area (Å²) in [7, 11) is 0. The van der Waals surface area contributed by atoms with Crippen LogP contribution >= 0.6 is 22.9 Å². The molecule has 1 amide bonds. The molecule has 0 aromatic carbocycles. The fraction of sp³-hybridized carbons (Fsp3) is 0.500. The fourth-order valence-electron chi connectivity index (χ4n) is 1.54. The van der Waals surface area contributed by atoms with Gasteiger partial charge in [-0.3, -0.25) is 4.79 Å². The molecule has 1 aliphatic rings. The molecule has 0 saturated carbocycles. The molecule has 5 heteroatoms. The molecule has 0 bridgehead atoms. The molecule has 0 aliphatic carbocycles. The summed E-state index contributed by atoms with van der Waals surface area (Å²) < 4.78 is 6.04. The predicted octanol–water partition coefficient (Wildman–Crippen LogP) is 2.31. The standard InChI is InChI=1S/C10H12ClNO2S/c11-9-4-3-8(15-9)10(13)12-6-7-2-1-5-14-7/h3-4,7H,1-2,5-6H2,(H,12,13). The molecule has 0 radical (unpaired) electrons. The smallest absolute Gasteiger partial charge is 0.261 e. The highest BCUT2D eigenvalue weighted by atomic mass is 35.5. The molecule has 1 fully saturated rings. The number of ether oxygens (including phenoxy) is 1. The maximum atomic E-state index is 11.6. The van der Waals surface area contributed by atoms with Crippen molar-refractivity contribution in [2.75, 3.05) is 13.2 Å². The van der Waals surface area contributed by atoms with Crippen molar-refractivity contribution in [3.8, 4) is 0 Å². The van der Waals surface area contributed by atoms with Crippen LogP contribution in [0.5, 0.6) is 0 Å². The Morgan fingerprint density at radius 1 is 1.67 bits per heavy atom. The van der Waals surface area contributed by atoms with Crippen molar-refractivity contribution < 1.29 is 9.53 Å². The SMILES string of the molecule is O=C(NCC1CCCO1)c1ccc(Cl)s1. The van der Waals surface area contributed by atoms with E-state index in [9.17, 15) is 4.79 Å². The molecule has 2 rings (SSSR count). The van der Waals surface area contributed by atoms with E-state index in [1.165, 1.54) is 11.3 Å². The van der Waals surface area contributed by atoms with E-state index in [0.29, 0.717) is 15.8 Å². The molecule has 82 valence electrons. The van der Waals surface area contributed by atoms with Crippen LogP contribution in [0.25, 0.3) is 0 Å². The minimum Gasteiger partial charge on any atom is -0.376 e. The molecule has 1 saturated heterocycles. The molecule has 15 heavy (non-hydrogen) atoms. The molecular weight excluding hydrogens is 234 g/mol. The topological polar surface area (TPSA) is 38.3 Å². The van der Waals surface area contributed by atoms with Crippen LogP contribution in [-0.2, 0) is 4.74 Å². The molecular formula is C10H12ClNO2S. The molecule has 3 nitrogen and oxygen atoms in total. The average Bonchev–Trinajstić information content (AvgIpc) is 2.84. The van der Waals surface area contributed by atoms with E-state index in [1.54, 1.807) is 12.1 Å². The van der Waals surface area contributed by atoms with Gasteiger partial charge in [0.1, 0.15) is 0 Å². The van der Waals surface area contributed by atoms with Crippen LogP contribution in [0.1, 0.15) is 22.5 Å². The van der Waals surface area contributed by atoms with E-state index in [0.717, 1.165) is 19.4 Å². The summed E-state index contributed by atoms with van der Waals surface area (Å²) in [5, 5.41) is 2.84.